The van der Waals surface area contributed by atoms with Crippen LogP contribution in [0.2, 0.25) is 0 Å². The van der Waals surface area contributed by atoms with Crippen molar-refractivity contribution in [1.29, 1.82) is 0 Å². The molecule has 0 spiro atoms. The van der Waals surface area contributed by atoms with Gasteiger partial charge < -0.3 is 14.0 Å². The maximum atomic E-state index is 12.9. The molecule has 0 fully saturated rings. The Morgan fingerprint density at radius 1 is 1.30 bits per heavy atom. The number of para-hydroxylation sites is 2. The second-order valence-electron chi connectivity index (χ2n) is 6.80. The molecule has 5 aromatic rings. The molecule has 0 aliphatic rings. The van der Waals surface area contributed by atoms with Crippen LogP contribution in [0.5, 0.6) is 0 Å². The van der Waals surface area contributed by atoms with E-state index >= 15 is 0 Å². The average Bonchev–Trinajstić information content (AvgIpc) is 3.47. The fraction of sp³-hybridized carbons (Fsp3) is 0.136. The van der Waals surface area contributed by atoms with Crippen LogP contribution in [0, 0.1) is 0 Å². The number of hydrogen-bond donors (Lipinski definition) is 1. The van der Waals surface area contributed by atoms with E-state index in [1.807, 2.05) is 48.7 Å². The third kappa shape index (κ3) is 3.18. The standard InChI is InChI=1S/C22H18N4O2S2/c1-3-10-26-16-8-5-4-7-15(16)23-22(26)30-13(2)19-24-20(27)18-14(12-29-21(18)25-19)17-9-6-11-28-17/h3-9,11-13H,1,10H2,2H3,(H,24,25,27). The fourth-order valence-electron chi connectivity index (χ4n) is 3.43. The number of hydrogen-bond acceptors (Lipinski definition) is 6. The Morgan fingerprint density at radius 2 is 2.17 bits per heavy atom. The molecule has 0 bridgehead atoms. The summed E-state index contributed by atoms with van der Waals surface area (Å²) in [5, 5.41) is 3.26. The van der Waals surface area contributed by atoms with Gasteiger partial charge in [-0.2, -0.15) is 0 Å². The van der Waals surface area contributed by atoms with E-state index in [2.05, 4.69) is 22.2 Å². The maximum Gasteiger partial charge on any atom is 0.260 e. The summed E-state index contributed by atoms with van der Waals surface area (Å²) in [5.41, 5.74) is 2.61. The van der Waals surface area contributed by atoms with Gasteiger partial charge in [-0.3, -0.25) is 4.79 Å². The summed E-state index contributed by atoms with van der Waals surface area (Å²) in [7, 11) is 0. The molecule has 150 valence electrons. The summed E-state index contributed by atoms with van der Waals surface area (Å²) in [6.45, 7) is 6.55. The number of thioether (sulfide) groups is 1. The summed E-state index contributed by atoms with van der Waals surface area (Å²) in [6, 6.07) is 11.7. The van der Waals surface area contributed by atoms with Crippen LogP contribution in [0.4, 0.5) is 0 Å². The lowest BCUT2D eigenvalue weighted by Gasteiger charge is -2.11. The lowest BCUT2D eigenvalue weighted by atomic mass is 10.2. The number of thiophene rings is 1. The highest BCUT2D eigenvalue weighted by Gasteiger charge is 2.20. The van der Waals surface area contributed by atoms with Crippen LogP contribution < -0.4 is 5.56 Å². The number of H-pyrrole nitrogens is 1. The zero-order chi connectivity index (χ0) is 20.7. The van der Waals surface area contributed by atoms with Crippen molar-refractivity contribution in [2.24, 2.45) is 0 Å². The summed E-state index contributed by atoms with van der Waals surface area (Å²) in [6.07, 6.45) is 3.46. The first-order valence-corrected chi connectivity index (χ1v) is 11.2. The Balaban J connectivity index is 1.52. The third-order valence-electron chi connectivity index (χ3n) is 4.85. The van der Waals surface area contributed by atoms with Gasteiger partial charge in [-0.25, -0.2) is 9.97 Å². The van der Waals surface area contributed by atoms with Crippen molar-refractivity contribution in [2.75, 3.05) is 0 Å². The molecule has 6 nitrogen and oxygen atoms in total. The van der Waals surface area contributed by atoms with Crippen molar-refractivity contribution in [3.63, 3.8) is 0 Å². The van der Waals surface area contributed by atoms with Gasteiger partial charge in [-0.15, -0.1) is 17.9 Å². The molecule has 1 N–H and O–H groups in total. The molecule has 1 unspecified atom stereocenters. The van der Waals surface area contributed by atoms with Crippen LogP contribution in [0.1, 0.15) is 18.0 Å². The van der Waals surface area contributed by atoms with Gasteiger partial charge in [0.2, 0.25) is 0 Å². The number of aromatic amines is 1. The molecule has 30 heavy (non-hydrogen) atoms. The van der Waals surface area contributed by atoms with Crippen molar-refractivity contribution >= 4 is 44.3 Å². The second kappa shape index (κ2) is 7.62. The number of aromatic nitrogens is 4. The Morgan fingerprint density at radius 3 is 2.97 bits per heavy atom. The third-order valence-corrected chi connectivity index (χ3v) is 6.82. The second-order valence-corrected chi connectivity index (χ2v) is 8.97. The predicted octanol–water partition coefficient (Wildman–Crippen LogP) is 5.63. The van der Waals surface area contributed by atoms with Gasteiger partial charge in [-0.1, -0.05) is 30.0 Å². The highest BCUT2D eigenvalue weighted by Crippen LogP contribution is 2.36. The van der Waals surface area contributed by atoms with E-state index in [1.165, 1.54) is 11.3 Å². The first-order valence-electron chi connectivity index (χ1n) is 9.44. The lowest BCUT2D eigenvalue weighted by Crippen LogP contribution is -2.12. The first kappa shape index (κ1) is 18.9. The molecule has 0 aliphatic carbocycles. The number of imidazole rings is 1. The topological polar surface area (TPSA) is 76.7 Å². The van der Waals surface area contributed by atoms with Crippen molar-refractivity contribution in [3.05, 3.63) is 76.9 Å². The Bertz CT molecular complexity index is 1410. The number of rotatable bonds is 6. The van der Waals surface area contributed by atoms with E-state index < -0.39 is 0 Å². The SMILES string of the molecule is C=CCn1c(SC(C)c2nc3scc(-c4ccco4)c3c(=O)[nH]2)nc2ccccc21. The number of nitrogens with one attached hydrogen (secondary N) is 1. The summed E-state index contributed by atoms with van der Waals surface area (Å²) >= 11 is 3.01. The summed E-state index contributed by atoms with van der Waals surface area (Å²) in [4.78, 5) is 26.0. The highest BCUT2D eigenvalue weighted by atomic mass is 32.2. The molecule has 8 heteroatoms. The van der Waals surface area contributed by atoms with Gasteiger partial charge >= 0.3 is 0 Å². The molecular formula is C22H18N4O2S2. The van der Waals surface area contributed by atoms with Crippen LogP contribution in [0.25, 0.3) is 32.6 Å². The molecule has 4 heterocycles. The molecule has 0 aliphatic heterocycles. The van der Waals surface area contributed by atoms with Crippen LogP contribution in [0.15, 0.2) is 75.1 Å². The Kier molecular flexibility index (Phi) is 4.80. The minimum atomic E-state index is -0.158. The number of benzene rings is 1. The molecule has 1 atom stereocenters. The zero-order valence-corrected chi connectivity index (χ0v) is 17.8. The molecule has 0 radical (unpaired) electrons. The monoisotopic (exact) mass is 434 g/mol. The van der Waals surface area contributed by atoms with E-state index in [4.69, 9.17) is 14.4 Å². The van der Waals surface area contributed by atoms with Crippen LogP contribution >= 0.6 is 23.1 Å². The first-order chi connectivity index (χ1) is 14.7. The molecule has 4 aromatic heterocycles. The molecule has 0 saturated carbocycles. The van der Waals surface area contributed by atoms with Gasteiger partial charge in [0.25, 0.3) is 5.56 Å². The Labute approximate surface area is 180 Å². The van der Waals surface area contributed by atoms with Gasteiger partial charge in [0.1, 0.15) is 16.4 Å². The number of allylic oxidation sites excluding steroid dienone is 1. The molecule has 1 aromatic carbocycles. The van der Waals surface area contributed by atoms with Gasteiger partial charge in [0, 0.05) is 17.5 Å². The molecule has 0 saturated heterocycles. The number of nitrogens with zero attached hydrogens (tertiary/aromatic N) is 3. The zero-order valence-electron chi connectivity index (χ0n) is 16.2. The maximum absolute atomic E-state index is 12.9. The quantitative estimate of drug-likeness (QED) is 0.277. The Hall–Kier alpha value is -3.10. The lowest BCUT2D eigenvalue weighted by molar-refractivity contribution is 0.583. The van der Waals surface area contributed by atoms with Crippen molar-refractivity contribution in [2.45, 2.75) is 23.9 Å². The van der Waals surface area contributed by atoms with E-state index in [-0.39, 0.29) is 10.8 Å². The van der Waals surface area contributed by atoms with Crippen LogP contribution in [-0.2, 0) is 6.54 Å². The number of furan rings is 1. The van der Waals surface area contributed by atoms with Gasteiger partial charge in [0.15, 0.2) is 5.16 Å². The normalized spacial score (nSPS) is 12.6. The molecular weight excluding hydrogens is 416 g/mol. The number of fused-ring (bicyclic) bond motifs is 2. The summed E-state index contributed by atoms with van der Waals surface area (Å²) < 4.78 is 7.59. The van der Waals surface area contributed by atoms with Gasteiger partial charge in [-0.05, 0) is 31.2 Å². The molecule has 0 amide bonds. The largest absolute Gasteiger partial charge is 0.464 e. The summed E-state index contributed by atoms with van der Waals surface area (Å²) in [5.74, 6) is 1.30. The average molecular weight is 435 g/mol. The molecule has 5 rings (SSSR count). The van der Waals surface area contributed by atoms with Crippen LogP contribution in [0.3, 0.4) is 0 Å². The smallest absolute Gasteiger partial charge is 0.260 e. The van der Waals surface area contributed by atoms with E-state index in [9.17, 15) is 4.79 Å². The van der Waals surface area contributed by atoms with E-state index in [0.29, 0.717) is 28.3 Å². The van der Waals surface area contributed by atoms with E-state index in [1.54, 1.807) is 18.0 Å². The highest BCUT2D eigenvalue weighted by molar-refractivity contribution is 7.99. The minimum absolute atomic E-state index is 0.0864. The van der Waals surface area contributed by atoms with Gasteiger partial charge in [0.05, 0.1) is 27.9 Å². The minimum Gasteiger partial charge on any atom is -0.464 e. The van der Waals surface area contributed by atoms with Crippen LogP contribution in [-0.4, -0.2) is 19.5 Å². The van der Waals surface area contributed by atoms with Crippen molar-refractivity contribution in [1.82, 2.24) is 19.5 Å². The van der Waals surface area contributed by atoms with Crippen molar-refractivity contribution < 1.29 is 4.42 Å². The van der Waals surface area contributed by atoms with E-state index in [0.717, 1.165) is 21.8 Å². The van der Waals surface area contributed by atoms with Crippen molar-refractivity contribution in [3.8, 4) is 11.3 Å². The predicted molar refractivity (Wildman–Crippen MR) is 122 cm³/mol. The fourth-order valence-corrected chi connectivity index (χ4v) is 5.36.